The van der Waals surface area contributed by atoms with Crippen LogP contribution in [0.5, 0.6) is 11.5 Å². The van der Waals surface area contributed by atoms with E-state index in [0.717, 1.165) is 5.56 Å². The lowest BCUT2D eigenvalue weighted by atomic mass is 9.98. The van der Waals surface area contributed by atoms with Crippen molar-refractivity contribution in [1.29, 1.82) is 0 Å². The quantitative estimate of drug-likeness (QED) is 0.0369. The fourth-order valence-corrected chi connectivity index (χ4v) is 7.02. The first-order valence-electron chi connectivity index (χ1n) is 18.4. The average Bonchev–Trinajstić information content (AvgIpc) is 3.55. The molecule has 0 amide bonds. The van der Waals surface area contributed by atoms with Crippen molar-refractivity contribution in [2.24, 2.45) is 0 Å². The van der Waals surface area contributed by atoms with Gasteiger partial charge in [0.05, 0.1) is 42.5 Å². The molecule has 332 valence electrons. The molecule has 5 aromatic carbocycles. The molecule has 0 spiro atoms. The lowest BCUT2D eigenvalue weighted by molar-refractivity contribution is -0.138. The van der Waals surface area contributed by atoms with Gasteiger partial charge < -0.3 is 41.0 Å². The van der Waals surface area contributed by atoms with E-state index in [9.17, 15) is 37.2 Å². The Morgan fingerprint density at radius 2 is 1.35 bits per heavy atom. The highest BCUT2D eigenvalue weighted by atomic mass is 35.5. The maximum atomic E-state index is 12.5. The molecule has 0 heterocycles. The first kappa shape index (κ1) is 50.1. The van der Waals surface area contributed by atoms with E-state index < -0.39 is 40.0 Å². The molecule has 0 aliphatic heterocycles. The van der Waals surface area contributed by atoms with Crippen LogP contribution in [-0.2, 0) is 19.7 Å². The Balaban J connectivity index is 0.000000228. The number of aliphatic carboxylic acids is 2. The van der Waals surface area contributed by atoms with Gasteiger partial charge in [0.2, 0.25) is 0 Å². The highest BCUT2D eigenvalue weighted by molar-refractivity contribution is 7.86. The van der Waals surface area contributed by atoms with Gasteiger partial charge in [0.25, 0.3) is 10.1 Å². The number of aromatic carboxylic acids is 2. The summed E-state index contributed by atoms with van der Waals surface area (Å²) in [6, 6.07) is 26.2. The van der Waals surface area contributed by atoms with Gasteiger partial charge in [-0.05, 0) is 73.5 Å². The number of methoxy groups -OCH3 is 2. The number of anilines is 2. The highest BCUT2D eigenvalue weighted by Gasteiger charge is 2.30. The molecule has 0 radical (unpaired) electrons. The van der Waals surface area contributed by atoms with E-state index in [0.29, 0.717) is 40.3 Å². The number of carbonyl (C=O) groups excluding carboxylic acids is 2. The second-order valence-electron chi connectivity index (χ2n) is 13.4. The molecule has 2 atom stereocenters. The summed E-state index contributed by atoms with van der Waals surface area (Å²) >= 11 is 5.62. The Morgan fingerprint density at radius 1 is 0.794 bits per heavy atom. The standard InChI is InChI=1S/C16H14O5.C11H10O3.C10H11NO4.C7H8ClNO3S/c1-20-13-8-7-10(9-14(13)21-2)15(17)11-5-3-4-6-12(11)16(18)19;12-10-5-7(6-11(13)14)8-3-1-2-4-9(8)10;1-6(9(12)13)11-8-5-3-2-4-7(8)10(14)15;1-4-2-5(8)7(9)6(3-4)13(10,11)12/h3-9H,1-2H3,(H,18,19);1-4,7H,5-6H2,(H,13,14);2-6,11H,1H3,(H,12,13)(H,14,15);2-3H,9H2,1H3,(H,10,11,12). The molecule has 19 heteroatoms. The minimum atomic E-state index is -4.29. The van der Waals surface area contributed by atoms with Crippen LogP contribution >= 0.6 is 11.6 Å². The number of hydrogen-bond donors (Lipinski definition) is 7. The number of nitrogen functional groups attached to an aromatic ring is 1. The number of halogens is 1. The Morgan fingerprint density at radius 3 is 1.90 bits per heavy atom. The number of nitrogens with two attached hydrogens (primary N) is 1. The molecule has 63 heavy (non-hydrogen) atoms. The first-order valence-corrected chi connectivity index (χ1v) is 20.2. The number of nitrogens with one attached hydrogen (secondary N) is 1. The number of ketones is 2. The summed E-state index contributed by atoms with van der Waals surface area (Å²) < 4.78 is 40.6. The fraction of sp³-hybridized carbons (Fsp3) is 0.182. The van der Waals surface area contributed by atoms with Crippen molar-refractivity contribution in [1.82, 2.24) is 0 Å². The van der Waals surface area contributed by atoms with Gasteiger partial charge in [-0.25, -0.2) is 9.59 Å². The van der Waals surface area contributed by atoms with Crippen molar-refractivity contribution in [3.63, 3.8) is 0 Å². The van der Waals surface area contributed by atoms with Crippen LogP contribution in [0.2, 0.25) is 5.02 Å². The number of hydrogen-bond acceptors (Lipinski definition) is 12. The zero-order valence-electron chi connectivity index (χ0n) is 34.1. The predicted octanol–water partition coefficient (Wildman–Crippen LogP) is 7.21. The van der Waals surface area contributed by atoms with Gasteiger partial charge in [0.1, 0.15) is 10.9 Å². The number of carboxylic acids is 4. The van der Waals surface area contributed by atoms with Crippen molar-refractivity contribution in [2.75, 3.05) is 25.3 Å². The van der Waals surface area contributed by atoms with Gasteiger partial charge in [0, 0.05) is 34.7 Å². The van der Waals surface area contributed by atoms with Crippen molar-refractivity contribution in [3.8, 4) is 11.5 Å². The average molecular weight is 907 g/mol. The minimum Gasteiger partial charge on any atom is -0.493 e. The predicted molar refractivity (Wildman–Crippen MR) is 231 cm³/mol. The molecule has 0 aromatic heterocycles. The third-order valence-electron chi connectivity index (χ3n) is 9.02. The number of carboxylic acid groups (broad SMARTS) is 4. The van der Waals surface area contributed by atoms with Crippen molar-refractivity contribution in [2.45, 2.75) is 43.5 Å². The molecule has 0 saturated carbocycles. The molecule has 17 nitrogen and oxygen atoms in total. The van der Waals surface area contributed by atoms with E-state index in [1.165, 1.54) is 63.6 Å². The maximum Gasteiger partial charge on any atom is 0.337 e. The molecule has 1 aliphatic rings. The van der Waals surface area contributed by atoms with Gasteiger partial charge in [0.15, 0.2) is 23.1 Å². The Hall–Kier alpha value is -7.28. The summed E-state index contributed by atoms with van der Waals surface area (Å²) in [6.07, 6.45) is 0.383. The lowest BCUT2D eigenvalue weighted by Gasteiger charge is -2.12. The van der Waals surface area contributed by atoms with Crippen molar-refractivity contribution >= 4 is 68.5 Å². The van der Waals surface area contributed by atoms with Gasteiger partial charge in [-0.15, -0.1) is 0 Å². The topological polar surface area (TPSA) is 294 Å². The summed E-state index contributed by atoms with van der Waals surface area (Å²) in [6.45, 7) is 3.10. The van der Waals surface area contributed by atoms with Crippen LogP contribution < -0.4 is 20.5 Å². The normalized spacial score (nSPS) is 12.9. The molecule has 8 N–H and O–H groups in total. The number of carbonyl (C=O) groups is 6. The Kier molecular flexibility index (Phi) is 17.9. The number of ether oxygens (including phenoxy) is 2. The van der Waals surface area contributed by atoms with Gasteiger partial charge in [-0.3, -0.25) is 23.7 Å². The van der Waals surface area contributed by atoms with Crippen LogP contribution in [-0.4, -0.2) is 89.1 Å². The molecule has 5 aromatic rings. The Bertz CT molecular complexity index is 2630. The van der Waals surface area contributed by atoms with Crippen LogP contribution in [0.15, 0.2) is 108 Å². The van der Waals surface area contributed by atoms with E-state index >= 15 is 0 Å². The summed E-state index contributed by atoms with van der Waals surface area (Å²) in [5.41, 5.74) is 8.24. The first-order chi connectivity index (χ1) is 29.6. The molecule has 6 rings (SSSR count). The molecule has 2 unspecified atom stereocenters. The van der Waals surface area contributed by atoms with E-state index in [1.54, 1.807) is 55.5 Å². The highest BCUT2D eigenvalue weighted by Crippen LogP contribution is 2.35. The molecule has 0 bridgehead atoms. The third-order valence-corrected chi connectivity index (χ3v) is 10.2. The third kappa shape index (κ3) is 13.9. The van der Waals surface area contributed by atoms with Crippen molar-refractivity contribution in [3.05, 3.63) is 147 Å². The molecule has 0 saturated heterocycles. The smallest absolute Gasteiger partial charge is 0.337 e. The minimum absolute atomic E-state index is 0.0303. The Labute approximate surface area is 366 Å². The van der Waals surface area contributed by atoms with Crippen LogP contribution in [0.25, 0.3) is 0 Å². The van der Waals surface area contributed by atoms with E-state index in [4.69, 9.17) is 51.8 Å². The maximum absolute atomic E-state index is 12.5. The summed E-state index contributed by atoms with van der Waals surface area (Å²) in [5.74, 6) is -3.64. The fourth-order valence-electron chi connectivity index (χ4n) is 5.97. The van der Waals surface area contributed by atoms with Crippen LogP contribution in [0, 0.1) is 6.92 Å². The van der Waals surface area contributed by atoms with Crippen molar-refractivity contribution < 1.29 is 71.6 Å². The van der Waals surface area contributed by atoms with Crippen LogP contribution in [0.4, 0.5) is 11.4 Å². The summed E-state index contributed by atoms with van der Waals surface area (Å²) in [5, 5.41) is 38.0. The van der Waals surface area contributed by atoms with Gasteiger partial charge in [-0.2, -0.15) is 8.42 Å². The number of para-hydroxylation sites is 1. The van der Waals surface area contributed by atoms with Gasteiger partial charge in [-0.1, -0.05) is 66.2 Å². The second kappa shape index (κ2) is 22.5. The molecular weight excluding hydrogens is 864 g/mol. The van der Waals surface area contributed by atoms with E-state index in [1.807, 2.05) is 12.1 Å². The molecular formula is C44H43ClN2O15S. The summed E-state index contributed by atoms with van der Waals surface area (Å²) in [7, 11) is -1.32. The number of rotatable bonds is 12. The largest absolute Gasteiger partial charge is 0.493 e. The zero-order valence-corrected chi connectivity index (χ0v) is 35.6. The van der Waals surface area contributed by atoms with Crippen LogP contribution in [0.1, 0.15) is 83.8 Å². The van der Waals surface area contributed by atoms with Crippen LogP contribution in [0.3, 0.4) is 0 Å². The number of aryl methyl sites for hydroxylation is 1. The van der Waals surface area contributed by atoms with E-state index in [-0.39, 0.29) is 56.2 Å². The SMILES string of the molecule is CC(Nc1ccccc1C(=O)O)C(=O)O.COc1ccc(C(=O)c2ccccc2C(=O)O)cc1OC.Cc1cc(Cl)c(N)c(S(=O)(=O)O)c1.O=C(O)CC1CC(=O)c2ccccc21. The van der Waals surface area contributed by atoms with E-state index in [2.05, 4.69) is 5.32 Å². The number of Topliss-reactive ketones (excluding diaryl/α,β-unsaturated/α-hetero) is 1. The molecule has 0 fully saturated rings. The number of benzene rings is 5. The van der Waals surface area contributed by atoms with Gasteiger partial charge >= 0.3 is 23.9 Å². The summed E-state index contributed by atoms with van der Waals surface area (Å²) in [4.78, 5) is 66.7. The molecule has 1 aliphatic carbocycles. The monoisotopic (exact) mass is 906 g/mol. The zero-order chi connectivity index (χ0) is 47.2. The number of fused-ring (bicyclic) bond motifs is 1. The lowest BCUT2D eigenvalue weighted by Crippen LogP contribution is -2.26. The second-order valence-corrected chi connectivity index (χ2v) is 15.2.